The lowest BCUT2D eigenvalue weighted by Gasteiger charge is -2.30. The Balaban J connectivity index is 1.14. The number of H-pyrrole nitrogens is 1. The molecule has 3 aromatic carbocycles. The summed E-state index contributed by atoms with van der Waals surface area (Å²) in [5, 5.41) is 19.2. The number of anilines is 1. The summed E-state index contributed by atoms with van der Waals surface area (Å²) in [5.41, 5.74) is 0.471. The number of methoxy groups -OCH3 is 1. The molecule has 0 aliphatic carbocycles. The number of hydrogen-bond donors (Lipinski definition) is 2. The Morgan fingerprint density at radius 2 is 1.86 bits per heavy atom. The fraction of sp³-hybridized carbons (Fsp3) is 0.444. The second-order valence-electron chi connectivity index (χ2n) is 17.2. The lowest BCUT2D eigenvalue weighted by atomic mass is 9.90. The van der Waals surface area contributed by atoms with E-state index >= 15 is 17.6 Å². The number of hydrogen-bond acceptors (Lipinski definition) is 12. The van der Waals surface area contributed by atoms with Gasteiger partial charge >= 0.3 is 12.2 Å². The lowest BCUT2D eigenvalue weighted by Crippen LogP contribution is -2.44. The zero-order valence-electron chi connectivity index (χ0n) is 35.9. The van der Waals surface area contributed by atoms with Crippen LogP contribution in [0.2, 0.25) is 0 Å². The number of aromatic nitrogens is 7. The number of aldehydes is 1. The van der Waals surface area contributed by atoms with E-state index in [1.807, 2.05) is 18.7 Å². The molecule has 4 unspecified atom stereocenters. The highest BCUT2D eigenvalue weighted by Crippen LogP contribution is 2.51. The number of amides is 1. The lowest BCUT2D eigenvalue weighted by molar-refractivity contribution is -0.139. The number of benzene rings is 3. The van der Waals surface area contributed by atoms with Gasteiger partial charge < -0.3 is 34.1 Å². The Labute approximate surface area is 365 Å². The van der Waals surface area contributed by atoms with E-state index in [1.165, 1.54) is 31.0 Å². The Bertz CT molecular complexity index is 2720. The molecule has 1 amide bonds. The topological polar surface area (TPSA) is 166 Å². The molecule has 9 rings (SSSR count). The summed E-state index contributed by atoms with van der Waals surface area (Å²) in [6, 6.07) is 8.19. The molecule has 2 bridgehead atoms. The van der Waals surface area contributed by atoms with Gasteiger partial charge in [-0.3, -0.25) is 9.89 Å². The molecule has 0 radical (unpaired) electrons. The SMILES string of the molecule is CO[C@@H](C)COc1nc(N2CC3CC2CN3)c2cc(C(F)(F)F)c(-c3c(C)c(F)cc4[nH]ncc34)c(OCc3ccc(-c4cn(C(C(=O)N5CCCC5C=O)C(C)C)nn4)cc3)c2n1. The van der Waals surface area contributed by atoms with Gasteiger partial charge in [-0.05, 0) is 62.3 Å². The standard InChI is InChI=1S/C45H48F4N10O5/c1-23(2)40(43(61)57-12-6-7-29(57)20-60)59-19-36(55-56-59)27-10-8-26(9-11-27)22-63-41-38(37-25(4)34(46)15-35-32(37)17-51-54-35)33(45(47,48)49)14-31-39(41)52-44(64-21-24(3)62-5)53-42(31)58-18-28-13-30(58)16-50-28/h8-11,14-15,17,19-20,23-24,28-30,40,50H,6-7,12-13,16,18,21-22H2,1-5H3,(H,51,54)/t24-,28?,29?,30?,40?/m0/s1. The molecule has 3 aliphatic rings. The molecule has 5 atom stereocenters. The molecule has 0 spiro atoms. The Kier molecular flexibility index (Phi) is 11.5. The number of nitrogens with zero attached hydrogens (tertiary/aromatic N) is 8. The number of rotatable bonds is 14. The van der Waals surface area contributed by atoms with Gasteiger partial charge in [-0.15, -0.1) is 5.10 Å². The van der Waals surface area contributed by atoms with Gasteiger partial charge in [0, 0.05) is 66.3 Å². The summed E-state index contributed by atoms with van der Waals surface area (Å²) in [7, 11) is 1.53. The second kappa shape index (κ2) is 17.1. The van der Waals surface area contributed by atoms with Crippen LogP contribution in [0.5, 0.6) is 11.8 Å². The number of carbonyl (C=O) groups is 2. The van der Waals surface area contributed by atoms with Gasteiger partial charge in [-0.25, -0.2) is 9.07 Å². The van der Waals surface area contributed by atoms with E-state index in [9.17, 15) is 9.59 Å². The van der Waals surface area contributed by atoms with E-state index < -0.39 is 35.2 Å². The first-order valence-corrected chi connectivity index (χ1v) is 21.4. The maximum absolute atomic E-state index is 15.7. The number of likely N-dealkylation sites (tertiary alicyclic amines) is 1. The van der Waals surface area contributed by atoms with Crippen LogP contribution < -0.4 is 19.7 Å². The highest BCUT2D eigenvalue weighted by atomic mass is 19.4. The molecule has 6 heterocycles. The van der Waals surface area contributed by atoms with Crippen molar-refractivity contribution in [3.05, 3.63) is 71.3 Å². The Hall–Kier alpha value is -6.21. The average molecular weight is 885 g/mol. The summed E-state index contributed by atoms with van der Waals surface area (Å²) < 4.78 is 82.3. The van der Waals surface area contributed by atoms with Crippen molar-refractivity contribution in [3.63, 3.8) is 0 Å². The summed E-state index contributed by atoms with van der Waals surface area (Å²) in [5.74, 6) is -1.03. The summed E-state index contributed by atoms with van der Waals surface area (Å²) in [6.45, 7) is 8.53. The fourth-order valence-corrected chi connectivity index (χ4v) is 9.21. The average Bonchev–Trinajstić information content (AvgIpc) is 4.15. The van der Waals surface area contributed by atoms with Crippen LogP contribution in [0.15, 0.2) is 48.8 Å². The number of ether oxygens (including phenoxy) is 3. The molecule has 15 nitrogen and oxygen atoms in total. The van der Waals surface area contributed by atoms with Crippen molar-refractivity contribution >= 4 is 39.8 Å². The third-order valence-electron chi connectivity index (χ3n) is 12.6. The van der Waals surface area contributed by atoms with Crippen molar-refractivity contribution in [3.8, 4) is 34.1 Å². The van der Waals surface area contributed by atoms with Crippen molar-refractivity contribution in [2.75, 3.05) is 38.3 Å². The number of piperazine rings is 1. The molecule has 3 saturated heterocycles. The van der Waals surface area contributed by atoms with Crippen LogP contribution in [-0.2, 0) is 27.1 Å². The minimum absolute atomic E-state index is 0.0278. The quantitative estimate of drug-likeness (QED) is 0.0867. The second-order valence-corrected chi connectivity index (χ2v) is 17.2. The first-order chi connectivity index (χ1) is 30.7. The molecular formula is C45H48F4N10O5. The Morgan fingerprint density at radius 3 is 2.55 bits per heavy atom. The molecule has 3 fully saturated rings. The molecule has 3 aromatic heterocycles. The van der Waals surface area contributed by atoms with Gasteiger partial charge in [0.25, 0.3) is 0 Å². The van der Waals surface area contributed by atoms with Crippen molar-refractivity contribution in [1.29, 1.82) is 0 Å². The minimum atomic E-state index is -4.94. The van der Waals surface area contributed by atoms with Crippen molar-refractivity contribution in [2.24, 2.45) is 5.92 Å². The number of aromatic amines is 1. The molecule has 2 N–H and O–H groups in total. The van der Waals surface area contributed by atoms with Crippen LogP contribution in [-0.4, -0.2) is 110 Å². The smallest absolute Gasteiger partial charge is 0.417 e. The molecule has 336 valence electrons. The van der Waals surface area contributed by atoms with Crippen LogP contribution in [0.1, 0.15) is 62.8 Å². The van der Waals surface area contributed by atoms with Crippen molar-refractivity contribution < 1.29 is 41.4 Å². The van der Waals surface area contributed by atoms with Gasteiger partial charge in [0.2, 0.25) is 5.91 Å². The van der Waals surface area contributed by atoms with Crippen molar-refractivity contribution in [2.45, 2.75) is 90.0 Å². The minimum Gasteiger partial charge on any atom is -0.486 e. The molecule has 64 heavy (non-hydrogen) atoms. The predicted molar refractivity (Wildman–Crippen MR) is 228 cm³/mol. The largest absolute Gasteiger partial charge is 0.486 e. The molecule has 0 saturated carbocycles. The molecule has 3 aliphatic heterocycles. The number of halogens is 4. The van der Waals surface area contributed by atoms with Gasteiger partial charge in [0.05, 0.1) is 35.6 Å². The summed E-state index contributed by atoms with van der Waals surface area (Å²) in [6.07, 6.45) is 0.742. The summed E-state index contributed by atoms with van der Waals surface area (Å²) in [4.78, 5) is 38.4. The van der Waals surface area contributed by atoms with Gasteiger partial charge in [-0.1, -0.05) is 43.3 Å². The highest BCUT2D eigenvalue weighted by Gasteiger charge is 2.43. The van der Waals surface area contributed by atoms with Crippen LogP contribution in [0.25, 0.3) is 44.2 Å². The maximum Gasteiger partial charge on any atom is 0.417 e. The van der Waals surface area contributed by atoms with Crippen LogP contribution in [0, 0.1) is 18.7 Å². The molecule has 19 heteroatoms. The third kappa shape index (κ3) is 7.88. The zero-order chi connectivity index (χ0) is 45.0. The predicted octanol–water partition coefficient (Wildman–Crippen LogP) is 6.83. The van der Waals surface area contributed by atoms with Crippen molar-refractivity contribution in [1.82, 2.24) is 45.4 Å². The summed E-state index contributed by atoms with van der Waals surface area (Å²) >= 11 is 0. The number of carbonyl (C=O) groups excluding carboxylic acids is 2. The van der Waals surface area contributed by atoms with Crippen LogP contribution >= 0.6 is 0 Å². The van der Waals surface area contributed by atoms with E-state index in [4.69, 9.17) is 24.2 Å². The maximum atomic E-state index is 15.7. The van der Waals surface area contributed by atoms with Gasteiger partial charge in [0.15, 0.2) is 5.75 Å². The van der Waals surface area contributed by atoms with Crippen LogP contribution in [0.3, 0.4) is 0 Å². The van der Waals surface area contributed by atoms with Gasteiger partial charge in [0.1, 0.15) is 48.4 Å². The number of alkyl halides is 3. The van der Waals surface area contributed by atoms with E-state index in [-0.39, 0.29) is 93.7 Å². The van der Waals surface area contributed by atoms with E-state index in [0.717, 1.165) is 25.2 Å². The number of nitrogens with one attached hydrogen (secondary N) is 2. The van der Waals surface area contributed by atoms with Gasteiger partial charge in [-0.2, -0.15) is 28.2 Å². The van der Waals surface area contributed by atoms with Crippen LogP contribution in [0.4, 0.5) is 23.4 Å². The monoisotopic (exact) mass is 884 g/mol. The Morgan fingerprint density at radius 1 is 1.06 bits per heavy atom. The third-order valence-corrected chi connectivity index (χ3v) is 12.6. The fourth-order valence-electron chi connectivity index (χ4n) is 9.21. The van der Waals surface area contributed by atoms with E-state index in [0.29, 0.717) is 42.9 Å². The molecule has 6 aromatic rings. The normalized spacial score (nSPS) is 19.6. The highest BCUT2D eigenvalue weighted by molar-refractivity contribution is 6.06. The first kappa shape index (κ1) is 43.1. The molecular weight excluding hydrogens is 837 g/mol. The van der Waals surface area contributed by atoms with E-state index in [1.54, 1.807) is 42.3 Å². The number of fused-ring (bicyclic) bond motifs is 4. The first-order valence-electron chi connectivity index (χ1n) is 21.4. The van der Waals surface area contributed by atoms with E-state index in [2.05, 4.69) is 25.8 Å². The zero-order valence-corrected chi connectivity index (χ0v) is 35.9.